The Bertz CT molecular complexity index is 1050. The van der Waals surface area contributed by atoms with Crippen molar-refractivity contribution >= 4 is 40.9 Å². The quantitative estimate of drug-likeness (QED) is 0.457. The topological polar surface area (TPSA) is 49.4 Å². The molecule has 1 saturated carbocycles. The number of nitrogens with one attached hydrogen (secondary N) is 1. The zero-order chi connectivity index (χ0) is 24.2. The van der Waals surface area contributed by atoms with Crippen LogP contribution in [0, 0.1) is 23.4 Å². The number of amides is 2. The van der Waals surface area contributed by atoms with Gasteiger partial charge in [-0.3, -0.25) is 9.59 Å². The molecule has 4 rings (SSSR count). The zero-order valence-corrected chi connectivity index (χ0v) is 20.2. The van der Waals surface area contributed by atoms with Crippen molar-refractivity contribution in [3.8, 4) is 0 Å². The summed E-state index contributed by atoms with van der Waals surface area (Å²) >= 11 is 7.01. The van der Waals surface area contributed by atoms with Gasteiger partial charge >= 0.3 is 0 Å². The van der Waals surface area contributed by atoms with Gasteiger partial charge in [-0.25, -0.2) is 13.2 Å². The molecule has 1 aliphatic heterocycles. The lowest BCUT2D eigenvalue weighted by molar-refractivity contribution is -0.137. The van der Waals surface area contributed by atoms with E-state index in [0.717, 1.165) is 63.7 Å². The standard InChI is InChI=1S/C25H26ClF3N2O2S/c26-19-13-17(14-21(28)23(19)29)30-24(32)16-6-9-20(27)22(12-16)34-18-7-4-15(5-8-18)25(33)31-10-2-1-3-11-31/h6,9,12-15,18H,1-5,7-8,10-11H2,(H,30,32). The number of piperidine rings is 1. The summed E-state index contributed by atoms with van der Waals surface area (Å²) in [7, 11) is 0. The molecule has 2 aromatic rings. The number of hydrogen-bond acceptors (Lipinski definition) is 3. The van der Waals surface area contributed by atoms with Crippen LogP contribution in [0.1, 0.15) is 55.3 Å². The number of halogens is 4. The first-order chi connectivity index (χ1) is 16.3. The number of rotatable bonds is 5. The van der Waals surface area contributed by atoms with Crippen LogP contribution in [-0.4, -0.2) is 35.1 Å². The van der Waals surface area contributed by atoms with Crippen LogP contribution in [0.2, 0.25) is 5.02 Å². The lowest BCUT2D eigenvalue weighted by Crippen LogP contribution is -2.41. The second-order valence-electron chi connectivity index (χ2n) is 8.83. The Morgan fingerprint density at radius 2 is 1.65 bits per heavy atom. The number of carbonyl (C=O) groups excluding carboxylic acids is 2. The molecular formula is C25H26ClF3N2O2S. The maximum atomic E-state index is 14.5. The molecule has 0 spiro atoms. The fourth-order valence-electron chi connectivity index (χ4n) is 4.55. The maximum absolute atomic E-state index is 14.5. The molecule has 0 atom stereocenters. The highest BCUT2D eigenvalue weighted by atomic mass is 35.5. The highest BCUT2D eigenvalue weighted by molar-refractivity contribution is 8.00. The summed E-state index contributed by atoms with van der Waals surface area (Å²) in [6, 6.07) is 5.97. The van der Waals surface area contributed by atoms with E-state index in [0.29, 0.717) is 4.90 Å². The second-order valence-corrected chi connectivity index (χ2v) is 10.6. The molecule has 9 heteroatoms. The summed E-state index contributed by atoms with van der Waals surface area (Å²) in [5.41, 5.74) is 0.197. The van der Waals surface area contributed by atoms with Crippen molar-refractivity contribution < 1.29 is 22.8 Å². The molecule has 0 radical (unpaired) electrons. The third kappa shape index (κ3) is 5.89. The maximum Gasteiger partial charge on any atom is 0.255 e. The number of anilines is 1. The number of carbonyl (C=O) groups is 2. The van der Waals surface area contributed by atoms with Crippen LogP contribution in [0.25, 0.3) is 0 Å². The molecule has 1 heterocycles. The van der Waals surface area contributed by atoms with E-state index in [-0.39, 0.29) is 28.3 Å². The number of benzene rings is 2. The van der Waals surface area contributed by atoms with Crippen LogP contribution in [0.4, 0.5) is 18.9 Å². The Balaban J connectivity index is 1.36. The molecule has 1 aliphatic carbocycles. The van der Waals surface area contributed by atoms with Gasteiger partial charge in [0, 0.05) is 46.5 Å². The van der Waals surface area contributed by atoms with Gasteiger partial charge in [0.1, 0.15) is 5.82 Å². The van der Waals surface area contributed by atoms with Crippen molar-refractivity contribution in [2.45, 2.75) is 55.1 Å². The van der Waals surface area contributed by atoms with Crippen molar-refractivity contribution in [2.75, 3.05) is 18.4 Å². The molecule has 0 bridgehead atoms. The van der Waals surface area contributed by atoms with Gasteiger partial charge in [0.15, 0.2) is 11.6 Å². The minimum Gasteiger partial charge on any atom is -0.342 e. The predicted molar refractivity (Wildman–Crippen MR) is 128 cm³/mol. The molecule has 1 N–H and O–H groups in total. The number of thioether (sulfide) groups is 1. The summed E-state index contributed by atoms with van der Waals surface area (Å²) in [6.07, 6.45) is 6.50. The highest BCUT2D eigenvalue weighted by Crippen LogP contribution is 2.38. The molecule has 0 aromatic heterocycles. The average Bonchev–Trinajstić information content (AvgIpc) is 2.84. The molecule has 2 aromatic carbocycles. The number of hydrogen-bond donors (Lipinski definition) is 1. The van der Waals surface area contributed by atoms with E-state index in [1.54, 1.807) is 0 Å². The van der Waals surface area contributed by atoms with Gasteiger partial charge in [0.2, 0.25) is 5.91 Å². The lowest BCUT2D eigenvalue weighted by atomic mass is 9.87. The van der Waals surface area contributed by atoms with Gasteiger partial charge < -0.3 is 10.2 Å². The first kappa shape index (κ1) is 24.9. The SMILES string of the molecule is O=C(Nc1cc(F)c(F)c(Cl)c1)c1ccc(F)c(SC2CCC(C(=O)N3CCCCC3)CC2)c1. The molecule has 4 nitrogen and oxygen atoms in total. The third-order valence-electron chi connectivity index (χ3n) is 6.42. The second kappa shape index (κ2) is 11.0. The highest BCUT2D eigenvalue weighted by Gasteiger charge is 2.30. The molecule has 2 aliphatic rings. The monoisotopic (exact) mass is 510 g/mol. The van der Waals surface area contributed by atoms with Crippen LogP contribution in [-0.2, 0) is 4.79 Å². The summed E-state index contributed by atoms with van der Waals surface area (Å²) < 4.78 is 41.4. The van der Waals surface area contributed by atoms with E-state index in [2.05, 4.69) is 5.32 Å². The first-order valence-electron chi connectivity index (χ1n) is 11.5. The van der Waals surface area contributed by atoms with E-state index in [1.807, 2.05) is 4.90 Å². The normalized spacial score (nSPS) is 20.8. The molecule has 0 unspecified atom stereocenters. The minimum absolute atomic E-state index is 0.00382. The molecule has 182 valence electrons. The Hall–Kier alpha value is -2.19. The van der Waals surface area contributed by atoms with Gasteiger partial charge in [-0.1, -0.05) is 11.6 Å². The lowest BCUT2D eigenvalue weighted by Gasteiger charge is -2.33. The number of likely N-dealkylation sites (tertiary alicyclic amines) is 1. The number of nitrogens with zero attached hydrogens (tertiary/aromatic N) is 1. The van der Waals surface area contributed by atoms with Gasteiger partial charge in [-0.15, -0.1) is 11.8 Å². The minimum atomic E-state index is -1.19. The van der Waals surface area contributed by atoms with Crippen molar-refractivity contribution in [1.82, 2.24) is 4.90 Å². The molecule has 2 amide bonds. The van der Waals surface area contributed by atoms with Gasteiger partial charge in [-0.05, 0) is 69.2 Å². The molecular weight excluding hydrogens is 485 g/mol. The van der Waals surface area contributed by atoms with Crippen LogP contribution < -0.4 is 5.32 Å². The van der Waals surface area contributed by atoms with E-state index in [1.165, 1.54) is 36.4 Å². The molecule has 2 fully saturated rings. The van der Waals surface area contributed by atoms with Crippen LogP contribution in [0.15, 0.2) is 35.2 Å². The smallest absolute Gasteiger partial charge is 0.255 e. The fraction of sp³-hybridized carbons (Fsp3) is 0.440. The summed E-state index contributed by atoms with van der Waals surface area (Å²) in [5.74, 6) is -3.08. The van der Waals surface area contributed by atoms with Gasteiger partial charge in [0.05, 0.1) is 5.02 Å². The van der Waals surface area contributed by atoms with Crippen LogP contribution in [0.5, 0.6) is 0 Å². The van der Waals surface area contributed by atoms with Gasteiger partial charge in [-0.2, -0.15) is 0 Å². The summed E-state index contributed by atoms with van der Waals surface area (Å²) in [6.45, 7) is 1.70. The molecule has 1 saturated heterocycles. The Morgan fingerprint density at radius 3 is 2.32 bits per heavy atom. The van der Waals surface area contributed by atoms with E-state index in [9.17, 15) is 22.8 Å². The fourth-order valence-corrected chi connectivity index (χ4v) is 6.00. The Kier molecular flexibility index (Phi) is 8.09. The van der Waals surface area contributed by atoms with Crippen molar-refractivity contribution in [1.29, 1.82) is 0 Å². The van der Waals surface area contributed by atoms with E-state index < -0.39 is 28.4 Å². The van der Waals surface area contributed by atoms with E-state index >= 15 is 0 Å². The van der Waals surface area contributed by atoms with Crippen LogP contribution >= 0.6 is 23.4 Å². The summed E-state index contributed by atoms with van der Waals surface area (Å²) in [4.78, 5) is 27.7. The summed E-state index contributed by atoms with van der Waals surface area (Å²) in [5, 5.41) is 2.17. The largest absolute Gasteiger partial charge is 0.342 e. The predicted octanol–water partition coefficient (Wildman–Crippen LogP) is 6.67. The third-order valence-corrected chi connectivity index (χ3v) is 8.07. The Labute approximate surface area is 206 Å². The van der Waals surface area contributed by atoms with Crippen molar-refractivity contribution in [3.05, 3.63) is 58.4 Å². The average molecular weight is 511 g/mol. The first-order valence-corrected chi connectivity index (χ1v) is 12.8. The van der Waals surface area contributed by atoms with Gasteiger partial charge in [0.25, 0.3) is 5.91 Å². The van der Waals surface area contributed by atoms with E-state index in [4.69, 9.17) is 11.6 Å². The Morgan fingerprint density at radius 1 is 0.941 bits per heavy atom. The molecule has 34 heavy (non-hydrogen) atoms. The van der Waals surface area contributed by atoms with Crippen LogP contribution in [0.3, 0.4) is 0 Å². The van der Waals surface area contributed by atoms with Crippen molar-refractivity contribution in [2.24, 2.45) is 5.92 Å². The zero-order valence-electron chi connectivity index (χ0n) is 18.6. The van der Waals surface area contributed by atoms with Crippen molar-refractivity contribution in [3.63, 3.8) is 0 Å².